The second-order valence-corrected chi connectivity index (χ2v) is 5.59. The number of alkyl halides is 3. The van der Waals surface area contributed by atoms with E-state index in [-0.39, 0.29) is 0 Å². The lowest BCUT2D eigenvalue weighted by Gasteiger charge is -2.26. The first kappa shape index (κ1) is 20.0. The average Bonchev–Trinajstić information content (AvgIpc) is 2.49. The minimum Gasteiger partial charge on any atom is -0.379 e. The summed E-state index contributed by atoms with van der Waals surface area (Å²) in [5, 5.41) is 6.32. The van der Waals surface area contributed by atoms with Crippen LogP contribution in [0.5, 0.6) is 0 Å². The van der Waals surface area contributed by atoms with Gasteiger partial charge in [-0.25, -0.2) is 0 Å². The van der Waals surface area contributed by atoms with E-state index in [0.29, 0.717) is 25.5 Å². The van der Waals surface area contributed by atoms with Gasteiger partial charge in [0.25, 0.3) is 0 Å². The van der Waals surface area contributed by atoms with Gasteiger partial charge in [-0.3, -0.25) is 14.8 Å². The van der Waals surface area contributed by atoms with Crippen LogP contribution in [0, 0.1) is 0 Å². The zero-order valence-corrected chi connectivity index (χ0v) is 14.0. The van der Waals surface area contributed by atoms with E-state index in [4.69, 9.17) is 4.74 Å². The molecule has 2 N–H and O–H groups in total. The molecule has 0 aromatic rings. The summed E-state index contributed by atoms with van der Waals surface area (Å²) in [4.78, 5) is 7.69. The number of aliphatic imine (C=N–C) groups is 1. The molecule has 1 fully saturated rings. The number of nitrogens with zero attached hydrogens (tertiary/aromatic N) is 3. The minimum atomic E-state index is -4.14. The minimum absolute atomic E-state index is 0.386. The van der Waals surface area contributed by atoms with Crippen LogP contribution in [0.1, 0.15) is 6.42 Å². The molecule has 23 heavy (non-hydrogen) atoms. The van der Waals surface area contributed by atoms with Gasteiger partial charge in [-0.05, 0) is 20.0 Å². The number of guanidine groups is 1. The molecule has 6 nitrogen and oxygen atoms in total. The predicted molar refractivity (Wildman–Crippen MR) is 84.8 cm³/mol. The molecule has 0 saturated carbocycles. The quantitative estimate of drug-likeness (QED) is 0.380. The number of hydrogen-bond donors (Lipinski definition) is 2. The standard InChI is InChI=1S/C14H28F3N5O/c1-18-13(20-5-7-22-8-10-23-11-9-22)19-4-3-6-21(2)12-14(15,16)17/h3-12H2,1-2H3,(H2,18,19,20). The Morgan fingerprint density at radius 3 is 2.48 bits per heavy atom. The van der Waals surface area contributed by atoms with Gasteiger partial charge in [0.05, 0.1) is 19.8 Å². The topological polar surface area (TPSA) is 52.1 Å². The molecule has 136 valence electrons. The fourth-order valence-electron chi connectivity index (χ4n) is 2.32. The van der Waals surface area contributed by atoms with Crippen LogP contribution in [-0.2, 0) is 4.74 Å². The number of hydrogen-bond acceptors (Lipinski definition) is 4. The van der Waals surface area contributed by atoms with Crippen molar-refractivity contribution in [3.05, 3.63) is 0 Å². The Kier molecular flexibility index (Phi) is 9.27. The van der Waals surface area contributed by atoms with Crippen LogP contribution < -0.4 is 10.6 Å². The van der Waals surface area contributed by atoms with Crippen LogP contribution in [0.4, 0.5) is 13.2 Å². The molecule has 9 heteroatoms. The Hall–Kier alpha value is -1.06. The molecule has 1 aliphatic rings. The predicted octanol–water partition coefficient (Wildman–Crippen LogP) is 0.368. The van der Waals surface area contributed by atoms with E-state index >= 15 is 0 Å². The number of rotatable bonds is 8. The van der Waals surface area contributed by atoms with Gasteiger partial charge in [0.1, 0.15) is 0 Å². The molecule has 0 unspecified atom stereocenters. The number of ether oxygens (including phenoxy) is 1. The van der Waals surface area contributed by atoms with Crippen LogP contribution in [-0.4, -0.2) is 95.1 Å². The van der Waals surface area contributed by atoms with Gasteiger partial charge in [0.15, 0.2) is 5.96 Å². The molecular formula is C14H28F3N5O. The van der Waals surface area contributed by atoms with E-state index in [2.05, 4.69) is 20.5 Å². The van der Waals surface area contributed by atoms with Crippen LogP contribution >= 0.6 is 0 Å². The highest BCUT2D eigenvalue weighted by Crippen LogP contribution is 2.15. The molecule has 1 aliphatic heterocycles. The molecule has 1 heterocycles. The normalized spacial score (nSPS) is 17.6. The first-order valence-electron chi connectivity index (χ1n) is 7.90. The van der Waals surface area contributed by atoms with Gasteiger partial charge in [-0.1, -0.05) is 0 Å². The van der Waals surface area contributed by atoms with Gasteiger partial charge in [0.2, 0.25) is 0 Å². The van der Waals surface area contributed by atoms with Crippen molar-refractivity contribution in [1.29, 1.82) is 0 Å². The summed E-state index contributed by atoms with van der Waals surface area (Å²) in [6.07, 6.45) is -3.52. The van der Waals surface area contributed by atoms with Crippen molar-refractivity contribution in [3.63, 3.8) is 0 Å². The smallest absolute Gasteiger partial charge is 0.379 e. The highest BCUT2D eigenvalue weighted by Gasteiger charge is 2.28. The Balaban J connectivity index is 2.07. The van der Waals surface area contributed by atoms with Crippen molar-refractivity contribution in [2.45, 2.75) is 12.6 Å². The van der Waals surface area contributed by atoms with Gasteiger partial charge < -0.3 is 15.4 Å². The third kappa shape index (κ3) is 10.4. The van der Waals surface area contributed by atoms with Crippen molar-refractivity contribution < 1.29 is 17.9 Å². The molecule has 1 saturated heterocycles. The third-order valence-electron chi connectivity index (χ3n) is 3.51. The van der Waals surface area contributed by atoms with Gasteiger partial charge in [0, 0.05) is 39.8 Å². The summed E-state index contributed by atoms with van der Waals surface area (Å²) in [6, 6.07) is 0. The molecule has 0 aromatic carbocycles. The van der Waals surface area contributed by atoms with Gasteiger partial charge >= 0.3 is 6.18 Å². The van der Waals surface area contributed by atoms with E-state index < -0.39 is 12.7 Å². The molecule has 0 aromatic heterocycles. The Morgan fingerprint density at radius 2 is 1.87 bits per heavy atom. The maximum atomic E-state index is 12.2. The molecule has 0 radical (unpaired) electrons. The van der Waals surface area contributed by atoms with Gasteiger partial charge in [-0.2, -0.15) is 13.2 Å². The molecule has 1 rings (SSSR count). The maximum absolute atomic E-state index is 12.2. The van der Waals surface area contributed by atoms with Crippen LogP contribution in [0.15, 0.2) is 4.99 Å². The monoisotopic (exact) mass is 339 g/mol. The number of morpholine rings is 1. The molecule has 0 amide bonds. The van der Waals surface area contributed by atoms with E-state index in [1.165, 1.54) is 11.9 Å². The summed E-state index contributed by atoms with van der Waals surface area (Å²) < 4.78 is 41.9. The molecule has 0 bridgehead atoms. The van der Waals surface area contributed by atoms with Crippen LogP contribution in [0.25, 0.3) is 0 Å². The summed E-state index contributed by atoms with van der Waals surface area (Å²) in [5.41, 5.74) is 0. The lowest BCUT2D eigenvalue weighted by Crippen LogP contribution is -2.44. The second-order valence-electron chi connectivity index (χ2n) is 5.59. The van der Waals surface area contributed by atoms with Gasteiger partial charge in [-0.15, -0.1) is 0 Å². The Bertz CT molecular complexity index is 346. The van der Waals surface area contributed by atoms with Crippen molar-refractivity contribution >= 4 is 5.96 Å². The van der Waals surface area contributed by atoms with E-state index in [1.807, 2.05) is 0 Å². The maximum Gasteiger partial charge on any atom is 0.401 e. The molecule has 0 spiro atoms. The third-order valence-corrected chi connectivity index (χ3v) is 3.51. The summed E-state index contributed by atoms with van der Waals surface area (Å²) in [6.45, 7) is 5.22. The number of halogens is 3. The molecule has 0 atom stereocenters. The van der Waals surface area contributed by atoms with E-state index in [1.54, 1.807) is 7.05 Å². The first-order chi connectivity index (χ1) is 10.9. The van der Waals surface area contributed by atoms with E-state index in [9.17, 15) is 13.2 Å². The number of nitrogens with one attached hydrogen (secondary N) is 2. The van der Waals surface area contributed by atoms with E-state index in [0.717, 1.165) is 39.4 Å². The summed E-state index contributed by atoms with van der Waals surface area (Å²) in [7, 11) is 3.16. The highest BCUT2D eigenvalue weighted by molar-refractivity contribution is 5.79. The zero-order valence-electron chi connectivity index (χ0n) is 14.0. The highest BCUT2D eigenvalue weighted by atomic mass is 19.4. The average molecular weight is 339 g/mol. The van der Waals surface area contributed by atoms with Crippen LogP contribution in [0.3, 0.4) is 0 Å². The zero-order chi connectivity index (χ0) is 17.1. The lowest BCUT2D eigenvalue weighted by atomic mass is 10.4. The lowest BCUT2D eigenvalue weighted by molar-refractivity contribution is -0.143. The summed E-state index contributed by atoms with van der Waals surface area (Å²) in [5.74, 6) is 0.678. The Morgan fingerprint density at radius 1 is 1.22 bits per heavy atom. The molecular weight excluding hydrogens is 311 g/mol. The second kappa shape index (κ2) is 10.7. The van der Waals surface area contributed by atoms with Crippen molar-refractivity contribution in [1.82, 2.24) is 20.4 Å². The van der Waals surface area contributed by atoms with Crippen molar-refractivity contribution in [2.75, 3.05) is 73.1 Å². The Labute approximate surface area is 136 Å². The van der Waals surface area contributed by atoms with Crippen molar-refractivity contribution in [2.24, 2.45) is 4.99 Å². The largest absolute Gasteiger partial charge is 0.401 e. The first-order valence-corrected chi connectivity index (χ1v) is 7.90. The van der Waals surface area contributed by atoms with Crippen molar-refractivity contribution in [3.8, 4) is 0 Å². The molecule has 0 aliphatic carbocycles. The summed E-state index contributed by atoms with van der Waals surface area (Å²) >= 11 is 0. The SMILES string of the molecule is CN=C(NCCCN(C)CC(F)(F)F)NCCN1CCOCC1. The fourth-order valence-corrected chi connectivity index (χ4v) is 2.32. The van der Waals surface area contributed by atoms with Crippen LogP contribution in [0.2, 0.25) is 0 Å². The fraction of sp³-hybridized carbons (Fsp3) is 0.929.